The highest BCUT2D eigenvalue weighted by Crippen LogP contribution is 2.17. The van der Waals surface area contributed by atoms with Gasteiger partial charge in [-0.15, -0.1) is 11.3 Å². The number of nitrogens with zero attached hydrogens (tertiary/aromatic N) is 2. The van der Waals surface area contributed by atoms with Crippen molar-refractivity contribution >= 4 is 28.9 Å². The van der Waals surface area contributed by atoms with Crippen LogP contribution in [-0.4, -0.2) is 17.6 Å². The topological polar surface area (TPSA) is 84.1 Å². The van der Waals surface area contributed by atoms with Crippen LogP contribution in [0, 0.1) is 11.3 Å². The molecule has 4 rings (SSSR count). The van der Waals surface area contributed by atoms with E-state index in [1.54, 1.807) is 43.5 Å². The minimum Gasteiger partial charge on any atom is -0.496 e. The van der Waals surface area contributed by atoms with Crippen molar-refractivity contribution in [2.45, 2.75) is 6.54 Å². The number of benzene rings is 3. The van der Waals surface area contributed by atoms with E-state index in [9.17, 15) is 14.9 Å². The second kappa shape index (κ2) is 10.5. The molecule has 0 radical (unpaired) electrons. The normalized spacial score (nSPS) is 12.1. The van der Waals surface area contributed by atoms with E-state index in [2.05, 4.69) is 5.32 Å². The fraction of sp³-hybridized carbons (Fsp3) is 0.0741. The second-order valence-electron chi connectivity index (χ2n) is 7.29. The van der Waals surface area contributed by atoms with E-state index in [0.717, 1.165) is 22.5 Å². The highest BCUT2D eigenvalue weighted by atomic mass is 32.1. The third-order valence-corrected chi connectivity index (χ3v) is 6.20. The Morgan fingerprint density at radius 3 is 2.35 bits per heavy atom. The van der Waals surface area contributed by atoms with Crippen LogP contribution in [0.4, 0.5) is 0 Å². The van der Waals surface area contributed by atoms with E-state index in [4.69, 9.17) is 4.74 Å². The van der Waals surface area contributed by atoms with Crippen LogP contribution in [0.15, 0.2) is 89.7 Å². The van der Waals surface area contributed by atoms with Gasteiger partial charge in [0.1, 0.15) is 16.5 Å². The lowest BCUT2D eigenvalue weighted by Gasteiger charge is -2.06. The van der Waals surface area contributed by atoms with Gasteiger partial charge in [-0.1, -0.05) is 66.7 Å². The molecule has 7 heteroatoms. The van der Waals surface area contributed by atoms with Crippen molar-refractivity contribution in [3.8, 4) is 17.5 Å². The molecular weight excluding hydrogens is 446 g/mol. The number of para-hydroxylation sites is 2. The minimum atomic E-state index is -0.541. The highest BCUT2D eigenvalue weighted by molar-refractivity contribution is 7.07. The summed E-state index contributed by atoms with van der Waals surface area (Å²) in [6.07, 6.45) is 1.71. The molecule has 0 fully saturated rings. The summed E-state index contributed by atoms with van der Waals surface area (Å²) in [5, 5.41) is 12.7. The third kappa shape index (κ3) is 4.82. The molecule has 0 aliphatic rings. The van der Waals surface area contributed by atoms with Gasteiger partial charge in [-0.25, -0.2) is 0 Å². The molecule has 6 nitrogen and oxygen atoms in total. The summed E-state index contributed by atoms with van der Waals surface area (Å²) < 4.78 is 7.46. The number of nitriles is 1. The van der Waals surface area contributed by atoms with Crippen molar-refractivity contribution in [2.75, 3.05) is 7.11 Å². The number of hydrogen-bond acceptors (Lipinski definition) is 5. The molecule has 1 aromatic heterocycles. The zero-order valence-electron chi connectivity index (χ0n) is 18.4. The Balaban J connectivity index is 1.90. The summed E-state index contributed by atoms with van der Waals surface area (Å²) >= 11 is 1.10. The molecule has 0 atom stereocenters. The molecule has 4 aromatic rings. The van der Waals surface area contributed by atoms with Crippen molar-refractivity contribution < 1.29 is 9.53 Å². The van der Waals surface area contributed by atoms with Crippen LogP contribution >= 0.6 is 11.3 Å². The number of methoxy groups -OCH3 is 1. The number of carbonyl (C=O) groups excluding carboxylic acids is 1. The van der Waals surface area contributed by atoms with Crippen LogP contribution in [0.5, 0.6) is 5.75 Å². The van der Waals surface area contributed by atoms with Crippen molar-refractivity contribution in [3.63, 3.8) is 0 Å². The lowest BCUT2D eigenvalue weighted by Crippen LogP contribution is -2.33. The van der Waals surface area contributed by atoms with Gasteiger partial charge in [0.25, 0.3) is 11.5 Å². The summed E-state index contributed by atoms with van der Waals surface area (Å²) in [5.41, 5.74) is 1.76. The van der Waals surface area contributed by atoms with Crippen molar-refractivity contribution in [2.24, 2.45) is 0 Å². The molecule has 0 aliphatic heterocycles. The van der Waals surface area contributed by atoms with Gasteiger partial charge in [-0.2, -0.15) is 5.26 Å². The molecule has 0 aliphatic carbocycles. The Labute approximate surface area is 200 Å². The standard InChI is InChI=1S/C27H21N3O3S/c1-33-23-15-9-8-12-20(23)16-24-26(32)30(21-13-6-3-7-14-21)27(34-24)22(17-28)25(31)29-18-19-10-4-2-5-11-19/h2-16H,18H2,1H3,(H,29,31)/b24-16+,27-22+. The molecule has 0 unspecified atom stereocenters. The van der Waals surface area contributed by atoms with Gasteiger partial charge < -0.3 is 10.1 Å². The van der Waals surface area contributed by atoms with Gasteiger partial charge in [0.15, 0.2) is 5.57 Å². The molecule has 0 bridgehead atoms. The van der Waals surface area contributed by atoms with E-state index in [-0.39, 0.29) is 22.3 Å². The number of thiazole rings is 1. The highest BCUT2D eigenvalue weighted by Gasteiger charge is 2.17. The average Bonchev–Trinajstić information content (AvgIpc) is 3.20. The Bertz CT molecular complexity index is 1530. The van der Waals surface area contributed by atoms with Gasteiger partial charge >= 0.3 is 0 Å². The lowest BCUT2D eigenvalue weighted by molar-refractivity contribution is -0.115. The van der Waals surface area contributed by atoms with Gasteiger partial charge in [0.2, 0.25) is 0 Å². The SMILES string of the molecule is COc1ccccc1/C=c1/s/c(=C(\C#N)C(=O)NCc2ccccc2)n(-c2ccccc2)c1=O. The molecule has 0 saturated carbocycles. The number of aromatic nitrogens is 1. The number of rotatable bonds is 6. The van der Waals surface area contributed by atoms with Crippen LogP contribution in [0.25, 0.3) is 17.3 Å². The summed E-state index contributed by atoms with van der Waals surface area (Å²) in [4.78, 5) is 26.5. The molecular formula is C27H21N3O3S. The van der Waals surface area contributed by atoms with Crippen molar-refractivity contribution in [1.82, 2.24) is 9.88 Å². The first-order valence-electron chi connectivity index (χ1n) is 10.5. The maximum atomic E-state index is 13.5. The molecule has 1 N–H and O–H groups in total. The lowest BCUT2D eigenvalue weighted by atomic mass is 10.2. The summed E-state index contributed by atoms with van der Waals surface area (Å²) in [7, 11) is 1.56. The second-order valence-corrected chi connectivity index (χ2v) is 8.32. The smallest absolute Gasteiger partial charge is 0.273 e. The van der Waals surface area contributed by atoms with Crippen LogP contribution in [0.1, 0.15) is 11.1 Å². The maximum Gasteiger partial charge on any atom is 0.273 e. The van der Waals surface area contributed by atoms with E-state index in [1.807, 2.05) is 60.7 Å². The maximum absolute atomic E-state index is 13.5. The first kappa shape index (κ1) is 22.8. The number of ether oxygens (including phenoxy) is 1. The van der Waals surface area contributed by atoms with E-state index < -0.39 is 5.91 Å². The van der Waals surface area contributed by atoms with Crippen LogP contribution in [-0.2, 0) is 11.3 Å². The number of nitrogens with one attached hydrogen (secondary N) is 1. The number of hydrogen-bond donors (Lipinski definition) is 1. The van der Waals surface area contributed by atoms with Crippen molar-refractivity contribution in [3.05, 3.63) is 116 Å². The molecule has 0 spiro atoms. The van der Waals surface area contributed by atoms with E-state index in [0.29, 0.717) is 16.0 Å². The minimum absolute atomic E-state index is 0.124. The zero-order chi connectivity index (χ0) is 23.9. The van der Waals surface area contributed by atoms with Crippen LogP contribution < -0.4 is 24.8 Å². The van der Waals surface area contributed by atoms with Crippen molar-refractivity contribution in [1.29, 1.82) is 5.26 Å². The van der Waals surface area contributed by atoms with Gasteiger partial charge in [-0.3, -0.25) is 14.2 Å². The molecule has 1 amide bonds. The predicted octanol–water partition coefficient (Wildman–Crippen LogP) is 2.73. The molecule has 1 heterocycles. The Morgan fingerprint density at radius 1 is 1.03 bits per heavy atom. The van der Waals surface area contributed by atoms with Gasteiger partial charge in [-0.05, 0) is 29.8 Å². The van der Waals surface area contributed by atoms with Crippen LogP contribution in [0.2, 0.25) is 0 Å². The van der Waals surface area contributed by atoms with Gasteiger partial charge in [0.05, 0.1) is 17.3 Å². The predicted molar refractivity (Wildman–Crippen MR) is 133 cm³/mol. The summed E-state index contributed by atoms with van der Waals surface area (Å²) in [5.74, 6) is 0.0781. The number of amides is 1. The average molecular weight is 468 g/mol. The zero-order valence-corrected chi connectivity index (χ0v) is 19.2. The Kier molecular flexibility index (Phi) is 7.01. The fourth-order valence-corrected chi connectivity index (χ4v) is 4.54. The largest absolute Gasteiger partial charge is 0.496 e. The molecule has 3 aromatic carbocycles. The van der Waals surface area contributed by atoms with Crippen LogP contribution in [0.3, 0.4) is 0 Å². The Morgan fingerprint density at radius 2 is 1.68 bits per heavy atom. The monoisotopic (exact) mass is 467 g/mol. The summed E-state index contributed by atoms with van der Waals surface area (Å²) in [6.45, 7) is 0.270. The first-order chi connectivity index (χ1) is 16.6. The Hall–Kier alpha value is -4.41. The molecule has 0 saturated heterocycles. The molecule has 168 valence electrons. The fourth-order valence-electron chi connectivity index (χ4n) is 3.45. The quantitative estimate of drug-likeness (QED) is 0.473. The number of carbonyl (C=O) groups is 1. The first-order valence-corrected chi connectivity index (χ1v) is 11.3. The van der Waals surface area contributed by atoms with E-state index in [1.165, 1.54) is 4.57 Å². The summed E-state index contributed by atoms with van der Waals surface area (Å²) in [6, 6.07) is 27.7. The van der Waals surface area contributed by atoms with Gasteiger partial charge in [0, 0.05) is 12.1 Å². The third-order valence-electron chi connectivity index (χ3n) is 5.11. The molecule has 34 heavy (non-hydrogen) atoms. The van der Waals surface area contributed by atoms with E-state index >= 15 is 0 Å².